The summed E-state index contributed by atoms with van der Waals surface area (Å²) in [6.45, 7) is 0. The number of halogens is 1. The van der Waals surface area contributed by atoms with Crippen molar-refractivity contribution in [1.82, 2.24) is 0 Å². The molecule has 0 fully saturated rings. The summed E-state index contributed by atoms with van der Waals surface area (Å²) in [4.78, 5) is 0. The van der Waals surface area contributed by atoms with Gasteiger partial charge in [0, 0.05) is 15.5 Å². The quantitative estimate of drug-likeness (QED) is 0.268. The van der Waals surface area contributed by atoms with Crippen molar-refractivity contribution in [2.75, 3.05) is 0 Å². The average Bonchev–Trinajstić information content (AvgIpc) is 2.97. The minimum atomic E-state index is 0.847. The number of rotatable bonds is 0. The van der Waals surface area contributed by atoms with Crippen molar-refractivity contribution < 1.29 is 0 Å². The normalized spacial score (nSPS) is 12.4. The summed E-state index contributed by atoms with van der Waals surface area (Å²) >= 11 is 8.37. The van der Waals surface area contributed by atoms with Gasteiger partial charge in [0.15, 0.2) is 0 Å². The maximum absolute atomic E-state index is 6.56. The van der Waals surface area contributed by atoms with Gasteiger partial charge in [-0.15, -0.1) is 11.3 Å². The van der Waals surface area contributed by atoms with Crippen LogP contribution < -0.4 is 0 Å². The number of hydrogen-bond donors (Lipinski definition) is 0. The minimum absolute atomic E-state index is 0.847. The number of fused-ring (bicyclic) bond motifs is 3. The molecule has 1 aliphatic carbocycles. The highest BCUT2D eigenvalue weighted by molar-refractivity contribution is 7.26. The van der Waals surface area contributed by atoms with Crippen LogP contribution >= 0.6 is 22.9 Å². The van der Waals surface area contributed by atoms with Gasteiger partial charge in [-0.3, -0.25) is 0 Å². The molecule has 0 saturated heterocycles. The molecule has 0 spiro atoms. The molecule has 1 aliphatic rings. The molecule has 1 aromatic heterocycles. The molecule has 112 valence electrons. The Morgan fingerprint density at radius 3 is 2.17 bits per heavy atom. The molecule has 0 saturated carbocycles. The molecule has 0 radical (unpaired) electrons. The summed E-state index contributed by atoms with van der Waals surface area (Å²) in [5.74, 6) is 0. The maximum Gasteiger partial charge on any atom is 0.0585 e. The van der Waals surface area contributed by atoms with Crippen LogP contribution in [0.2, 0.25) is 5.02 Å². The summed E-state index contributed by atoms with van der Waals surface area (Å²) in [7, 11) is 0. The first kappa shape index (κ1) is 13.0. The molecular formula is C22H11ClS. The zero-order valence-corrected chi connectivity index (χ0v) is 14.2. The van der Waals surface area contributed by atoms with Gasteiger partial charge >= 0.3 is 0 Å². The monoisotopic (exact) mass is 342 g/mol. The molecule has 5 aromatic rings. The Balaban J connectivity index is 2.07. The first-order valence-corrected chi connectivity index (χ1v) is 9.18. The molecule has 0 N–H and O–H groups in total. The first-order chi connectivity index (χ1) is 11.8. The van der Waals surface area contributed by atoms with Crippen molar-refractivity contribution >= 4 is 53.9 Å². The summed E-state index contributed by atoms with van der Waals surface area (Å²) in [6, 6.07) is 24.0. The summed E-state index contributed by atoms with van der Waals surface area (Å²) in [5, 5.41) is 6.17. The van der Waals surface area contributed by atoms with E-state index in [-0.39, 0.29) is 0 Å². The standard InChI is InChI=1S/C22H11ClS/c23-17-10-9-16-14-6-2-1-5-13(14)15-7-3-4-12-8-11-18-21(19(12)15)20(16)22(17)24-18/h1-11H. The van der Waals surface area contributed by atoms with Gasteiger partial charge in [0.2, 0.25) is 0 Å². The average molecular weight is 343 g/mol. The second kappa shape index (κ2) is 4.38. The Labute approximate surface area is 147 Å². The maximum atomic E-state index is 6.56. The highest BCUT2D eigenvalue weighted by atomic mass is 35.5. The van der Waals surface area contributed by atoms with E-state index in [0.29, 0.717) is 0 Å². The predicted molar refractivity (Wildman–Crippen MR) is 106 cm³/mol. The lowest BCUT2D eigenvalue weighted by Gasteiger charge is -2.11. The van der Waals surface area contributed by atoms with Gasteiger partial charge in [0.1, 0.15) is 0 Å². The van der Waals surface area contributed by atoms with E-state index in [9.17, 15) is 0 Å². The van der Waals surface area contributed by atoms with Crippen molar-refractivity contribution in [3.63, 3.8) is 0 Å². The van der Waals surface area contributed by atoms with Gasteiger partial charge < -0.3 is 0 Å². The molecule has 6 rings (SSSR count). The van der Waals surface area contributed by atoms with Gasteiger partial charge in [-0.05, 0) is 45.2 Å². The Hall–Kier alpha value is -2.35. The van der Waals surface area contributed by atoms with Crippen molar-refractivity contribution in [2.24, 2.45) is 0 Å². The fourth-order valence-corrected chi connectivity index (χ4v) is 5.53. The van der Waals surface area contributed by atoms with Crippen molar-refractivity contribution in [1.29, 1.82) is 0 Å². The molecule has 0 amide bonds. The summed E-state index contributed by atoms with van der Waals surface area (Å²) < 4.78 is 2.51. The number of thiophene rings is 1. The molecule has 0 aliphatic heterocycles. The van der Waals surface area contributed by atoms with E-state index in [4.69, 9.17) is 11.6 Å². The van der Waals surface area contributed by atoms with E-state index < -0.39 is 0 Å². The van der Waals surface area contributed by atoms with E-state index in [1.165, 1.54) is 53.2 Å². The van der Waals surface area contributed by atoms with E-state index in [2.05, 4.69) is 60.7 Å². The number of benzene rings is 4. The smallest absolute Gasteiger partial charge is 0.0585 e. The van der Waals surface area contributed by atoms with Crippen LogP contribution in [-0.4, -0.2) is 0 Å². The fourth-order valence-electron chi connectivity index (χ4n) is 4.11. The predicted octanol–water partition coefficient (Wildman–Crippen LogP) is 7.51. The summed E-state index contributed by atoms with van der Waals surface area (Å²) in [5.41, 5.74) is 5.21. The van der Waals surface area contributed by atoms with Crippen LogP contribution in [0.15, 0.2) is 66.7 Å². The zero-order valence-electron chi connectivity index (χ0n) is 12.6. The largest absolute Gasteiger partial charge is 0.134 e. The Morgan fingerprint density at radius 2 is 1.33 bits per heavy atom. The third-order valence-corrected chi connectivity index (χ3v) is 6.70. The molecule has 0 bridgehead atoms. The lowest BCUT2D eigenvalue weighted by atomic mass is 9.94. The molecule has 2 heteroatoms. The van der Waals surface area contributed by atoms with Crippen LogP contribution in [0.4, 0.5) is 0 Å². The lowest BCUT2D eigenvalue weighted by Crippen LogP contribution is -1.84. The molecule has 0 unspecified atom stereocenters. The Kier molecular flexibility index (Phi) is 2.37. The van der Waals surface area contributed by atoms with Crippen LogP contribution in [-0.2, 0) is 0 Å². The van der Waals surface area contributed by atoms with Crippen molar-refractivity contribution in [2.45, 2.75) is 0 Å². The van der Waals surface area contributed by atoms with E-state index >= 15 is 0 Å². The third-order valence-electron chi connectivity index (χ3n) is 5.09. The van der Waals surface area contributed by atoms with E-state index in [1.807, 2.05) is 6.07 Å². The summed E-state index contributed by atoms with van der Waals surface area (Å²) in [6.07, 6.45) is 0. The van der Waals surface area contributed by atoms with Gasteiger partial charge in [0.05, 0.1) is 9.72 Å². The highest BCUT2D eigenvalue weighted by Crippen LogP contribution is 2.51. The molecule has 24 heavy (non-hydrogen) atoms. The zero-order chi connectivity index (χ0) is 15.8. The third kappa shape index (κ3) is 1.45. The molecule has 1 heterocycles. The SMILES string of the molecule is Clc1ccc2c3c1sc1ccc4cccc(c4c13)-c1ccccc1-2. The molecule has 4 aromatic carbocycles. The first-order valence-electron chi connectivity index (χ1n) is 7.99. The minimum Gasteiger partial charge on any atom is -0.134 e. The van der Waals surface area contributed by atoms with Crippen LogP contribution in [0.1, 0.15) is 0 Å². The second-order valence-corrected chi connectivity index (χ2v) is 7.75. The highest BCUT2D eigenvalue weighted by Gasteiger charge is 2.22. The second-order valence-electron chi connectivity index (χ2n) is 6.29. The van der Waals surface area contributed by atoms with Crippen LogP contribution in [0.25, 0.3) is 53.2 Å². The van der Waals surface area contributed by atoms with Gasteiger partial charge in [-0.1, -0.05) is 66.2 Å². The van der Waals surface area contributed by atoms with Crippen LogP contribution in [0.5, 0.6) is 0 Å². The van der Waals surface area contributed by atoms with Gasteiger partial charge in [-0.2, -0.15) is 0 Å². The molecule has 0 atom stereocenters. The van der Waals surface area contributed by atoms with E-state index in [0.717, 1.165) is 5.02 Å². The van der Waals surface area contributed by atoms with Crippen LogP contribution in [0.3, 0.4) is 0 Å². The van der Waals surface area contributed by atoms with E-state index in [1.54, 1.807) is 11.3 Å². The molecular weight excluding hydrogens is 332 g/mol. The fraction of sp³-hybridized carbons (Fsp3) is 0. The van der Waals surface area contributed by atoms with Gasteiger partial charge in [-0.25, -0.2) is 0 Å². The lowest BCUT2D eigenvalue weighted by molar-refractivity contribution is 1.65. The molecule has 0 nitrogen and oxygen atoms in total. The Morgan fingerprint density at radius 1 is 0.583 bits per heavy atom. The van der Waals surface area contributed by atoms with Crippen molar-refractivity contribution in [3.05, 3.63) is 71.8 Å². The topological polar surface area (TPSA) is 0 Å². The number of hydrogen-bond acceptors (Lipinski definition) is 1. The van der Waals surface area contributed by atoms with Crippen molar-refractivity contribution in [3.8, 4) is 22.3 Å². The van der Waals surface area contributed by atoms with Crippen LogP contribution in [0, 0.1) is 0 Å². The Bertz CT molecular complexity index is 1310. The van der Waals surface area contributed by atoms with Gasteiger partial charge in [0.25, 0.3) is 0 Å².